The summed E-state index contributed by atoms with van der Waals surface area (Å²) in [6, 6.07) is 0. The summed E-state index contributed by atoms with van der Waals surface area (Å²) in [4.78, 5) is 0. The molecule has 0 aliphatic rings. The molecule has 80 valence electrons. The van der Waals surface area contributed by atoms with Crippen LogP contribution in [-0.4, -0.2) is 26.9 Å². The van der Waals surface area contributed by atoms with Crippen LogP contribution >= 0.6 is 0 Å². The first kappa shape index (κ1) is 15.1. The maximum absolute atomic E-state index is 4.95. The van der Waals surface area contributed by atoms with Crippen LogP contribution in [0.4, 0.5) is 0 Å². The standard InChI is InChI=1S/C6H12.C5H12O2/c1-3-5-6-4-2;1-3-7-5-4-6-2/h5-6H,3-4H2,1-2H3;3-5H2,1-2H3/b6-5-;. The lowest BCUT2D eigenvalue weighted by atomic mass is 10.4. The quantitative estimate of drug-likeness (QED) is 0.471. The molecule has 0 rings (SSSR count). The number of ether oxygens (including phenoxy) is 2. The Morgan fingerprint density at radius 1 is 0.923 bits per heavy atom. The van der Waals surface area contributed by atoms with Crippen LogP contribution in [0.5, 0.6) is 0 Å². The van der Waals surface area contributed by atoms with Crippen molar-refractivity contribution in [2.24, 2.45) is 0 Å². The number of methoxy groups -OCH3 is 1. The van der Waals surface area contributed by atoms with Crippen LogP contribution in [0.2, 0.25) is 0 Å². The highest BCUT2D eigenvalue weighted by Crippen LogP contribution is 1.81. The zero-order valence-electron chi connectivity index (χ0n) is 9.51. The van der Waals surface area contributed by atoms with Crippen molar-refractivity contribution in [3.05, 3.63) is 12.2 Å². The Morgan fingerprint density at radius 2 is 1.46 bits per heavy atom. The van der Waals surface area contributed by atoms with E-state index in [-0.39, 0.29) is 0 Å². The third-order valence-electron chi connectivity index (χ3n) is 1.27. The van der Waals surface area contributed by atoms with Gasteiger partial charge in [-0.1, -0.05) is 26.0 Å². The second-order valence-electron chi connectivity index (χ2n) is 2.48. The number of hydrogen-bond acceptors (Lipinski definition) is 2. The predicted octanol–water partition coefficient (Wildman–Crippen LogP) is 3.03. The monoisotopic (exact) mass is 188 g/mol. The molecule has 0 spiro atoms. The van der Waals surface area contributed by atoms with E-state index in [9.17, 15) is 0 Å². The Bertz CT molecular complexity index is 80.1. The summed E-state index contributed by atoms with van der Waals surface area (Å²) in [5.41, 5.74) is 0. The van der Waals surface area contributed by atoms with E-state index >= 15 is 0 Å². The largest absolute Gasteiger partial charge is 0.382 e. The van der Waals surface area contributed by atoms with Crippen molar-refractivity contribution in [3.63, 3.8) is 0 Å². The molecule has 13 heavy (non-hydrogen) atoms. The minimum absolute atomic E-state index is 0.702. The molecule has 0 amide bonds. The molecule has 0 fully saturated rings. The van der Waals surface area contributed by atoms with Gasteiger partial charge in [-0.05, 0) is 19.8 Å². The molecule has 0 radical (unpaired) electrons. The van der Waals surface area contributed by atoms with Crippen molar-refractivity contribution in [3.8, 4) is 0 Å². The molecular weight excluding hydrogens is 164 g/mol. The molecule has 0 atom stereocenters. The van der Waals surface area contributed by atoms with Gasteiger partial charge < -0.3 is 9.47 Å². The molecular formula is C11H24O2. The van der Waals surface area contributed by atoms with E-state index in [1.165, 1.54) is 12.8 Å². The summed E-state index contributed by atoms with van der Waals surface area (Å²) < 4.78 is 9.67. The molecule has 0 bridgehead atoms. The van der Waals surface area contributed by atoms with E-state index in [1.54, 1.807) is 7.11 Å². The third kappa shape index (κ3) is 24.5. The van der Waals surface area contributed by atoms with Crippen LogP contribution in [0.15, 0.2) is 12.2 Å². The van der Waals surface area contributed by atoms with E-state index in [1.807, 2.05) is 6.92 Å². The second-order valence-corrected chi connectivity index (χ2v) is 2.48. The predicted molar refractivity (Wildman–Crippen MR) is 58.1 cm³/mol. The normalized spacial score (nSPS) is 9.85. The van der Waals surface area contributed by atoms with Crippen molar-refractivity contribution in [1.82, 2.24) is 0 Å². The smallest absolute Gasteiger partial charge is 0.0700 e. The van der Waals surface area contributed by atoms with E-state index in [4.69, 9.17) is 9.47 Å². The Morgan fingerprint density at radius 3 is 1.77 bits per heavy atom. The van der Waals surface area contributed by atoms with Gasteiger partial charge in [0, 0.05) is 13.7 Å². The highest BCUT2D eigenvalue weighted by molar-refractivity contribution is 4.77. The van der Waals surface area contributed by atoms with Crippen LogP contribution in [0.1, 0.15) is 33.6 Å². The molecule has 0 saturated carbocycles. The third-order valence-corrected chi connectivity index (χ3v) is 1.27. The lowest BCUT2D eigenvalue weighted by Gasteiger charge is -1.96. The highest BCUT2D eigenvalue weighted by atomic mass is 16.5. The Balaban J connectivity index is 0. The van der Waals surface area contributed by atoms with Gasteiger partial charge in [0.05, 0.1) is 13.2 Å². The SMILES string of the molecule is CC/C=C\CC.CCOCCOC. The van der Waals surface area contributed by atoms with E-state index in [2.05, 4.69) is 26.0 Å². The van der Waals surface area contributed by atoms with Crippen LogP contribution < -0.4 is 0 Å². The highest BCUT2D eigenvalue weighted by Gasteiger charge is 1.78. The van der Waals surface area contributed by atoms with Gasteiger partial charge in [0.25, 0.3) is 0 Å². The fourth-order valence-corrected chi connectivity index (χ4v) is 0.620. The first-order valence-electron chi connectivity index (χ1n) is 5.05. The van der Waals surface area contributed by atoms with Gasteiger partial charge >= 0.3 is 0 Å². The summed E-state index contributed by atoms with van der Waals surface area (Å²) in [6.45, 7) is 8.46. The maximum Gasteiger partial charge on any atom is 0.0700 e. The van der Waals surface area contributed by atoms with Crippen LogP contribution in [-0.2, 0) is 9.47 Å². The van der Waals surface area contributed by atoms with E-state index in [0.29, 0.717) is 13.2 Å². The lowest BCUT2D eigenvalue weighted by Crippen LogP contribution is -2.00. The minimum Gasteiger partial charge on any atom is -0.382 e. The van der Waals surface area contributed by atoms with Gasteiger partial charge in [-0.2, -0.15) is 0 Å². The molecule has 0 aliphatic heterocycles. The maximum atomic E-state index is 4.95. The van der Waals surface area contributed by atoms with Gasteiger partial charge in [-0.15, -0.1) is 0 Å². The zero-order valence-corrected chi connectivity index (χ0v) is 9.51. The van der Waals surface area contributed by atoms with E-state index < -0.39 is 0 Å². The van der Waals surface area contributed by atoms with Crippen molar-refractivity contribution >= 4 is 0 Å². The van der Waals surface area contributed by atoms with Crippen molar-refractivity contribution < 1.29 is 9.47 Å². The molecule has 0 aromatic rings. The number of hydrogen-bond donors (Lipinski definition) is 0. The molecule has 0 heterocycles. The summed E-state index contributed by atoms with van der Waals surface area (Å²) >= 11 is 0. The fraction of sp³-hybridized carbons (Fsp3) is 0.818. The molecule has 0 unspecified atom stereocenters. The summed E-state index contributed by atoms with van der Waals surface area (Å²) in [7, 11) is 1.67. The van der Waals surface area contributed by atoms with Gasteiger partial charge in [-0.3, -0.25) is 0 Å². The van der Waals surface area contributed by atoms with Crippen molar-refractivity contribution in [2.75, 3.05) is 26.9 Å². The van der Waals surface area contributed by atoms with Crippen molar-refractivity contribution in [1.29, 1.82) is 0 Å². The minimum atomic E-state index is 0.702. The summed E-state index contributed by atoms with van der Waals surface area (Å²) in [5.74, 6) is 0. The molecule has 0 N–H and O–H groups in total. The van der Waals surface area contributed by atoms with Crippen LogP contribution in [0.3, 0.4) is 0 Å². The first-order chi connectivity index (χ1) is 6.33. The molecule has 0 aromatic carbocycles. The van der Waals surface area contributed by atoms with E-state index in [0.717, 1.165) is 6.61 Å². The molecule has 0 aromatic heterocycles. The average Bonchev–Trinajstić information content (AvgIpc) is 2.17. The van der Waals surface area contributed by atoms with Crippen molar-refractivity contribution in [2.45, 2.75) is 33.6 Å². The Hall–Kier alpha value is -0.340. The topological polar surface area (TPSA) is 18.5 Å². The average molecular weight is 188 g/mol. The summed E-state index contributed by atoms with van der Waals surface area (Å²) in [6.07, 6.45) is 6.71. The van der Waals surface area contributed by atoms with Crippen LogP contribution in [0, 0.1) is 0 Å². The number of allylic oxidation sites excluding steroid dienone is 2. The molecule has 2 nitrogen and oxygen atoms in total. The fourth-order valence-electron chi connectivity index (χ4n) is 0.620. The molecule has 0 saturated heterocycles. The Labute approximate surface area is 82.9 Å². The molecule has 2 heteroatoms. The Kier molecular flexibility index (Phi) is 20.6. The van der Waals surface area contributed by atoms with Gasteiger partial charge in [0.2, 0.25) is 0 Å². The first-order valence-corrected chi connectivity index (χ1v) is 5.05. The van der Waals surface area contributed by atoms with Gasteiger partial charge in [0.15, 0.2) is 0 Å². The second kappa shape index (κ2) is 17.7. The van der Waals surface area contributed by atoms with Crippen LogP contribution in [0.25, 0.3) is 0 Å². The van der Waals surface area contributed by atoms with Gasteiger partial charge in [0.1, 0.15) is 0 Å². The number of rotatable bonds is 6. The molecule has 0 aliphatic carbocycles. The van der Waals surface area contributed by atoms with Gasteiger partial charge in [-0.25, -0.2) is 0 Å². The zero-order chi connectivity index (χ0) is 10.4. The lowest BCUT2D eigenvalue weighted by molar-refractivity contribution is 0.0777. The summed E-state index contributed by atoms with van der Waals surface area (Å²) in [5, 5.41) is 0.